The lowest BCUT2D eigenvalue weighted by Gasteiger charge is -2.46. The van der Waals surface area contributed by atoms with Crippen molar-refractivity contribution in [3.63, 3.8) is 0 Å². The maximum Gasteiger partial charge on any atom is 0.220 e. The van der Waals surface area contributed by atoms with Gasteiger partial charge < -0.3 is 65.1 Å². The quantitative estimate of drug-likeness (QED) is 0.0204. The predicted molar refractivity (Wildman–Crippen MR) is 346 cm³/mol. The highest BCUT2D eigenvalue weighted by molar-refractivity contribution is 5.76. The summed E-state index contributed by atoms with van der Waals surface area (Å²) >= 11 is 0. The molecular formula is C71H135NO13. The molecule has 0 saturated carbocycles. The molecule has 14 heteroatoms. The Morgan fingerprint density at radius 1 is 0.424 bits per heavy atom. The summed E-state index contributed by atoms with van der Waals surface area (Å²) in [6.45, 7) is 2.89. The van der Waals surface area contributed by atoms with E-state index >= 15 is 0 Å². The van der Waals surface area contributed by atoms with Gasteiger partial charge in [0.15, 0.2) is 12.6 Å². The summed E-state index contributed by atoms with van der Waals surface area (Å²) in [6, 6.07) is -0.825. The van der Waals surface area contributed by atoms with Gasteiger partial charge in [-0.1, -0.05) is 301 Å². The van der Waals surface area contributed by atoms with Crippen molar-refractivity contribution in [2.24, 2.45) is 0 Å². The maximum atomic E-state index is 13.3. The minimum Gasteiger partial charge on any atom is -0.394 e. The summed E-state index contributed by atoms with van der Waals surface area (Å²) in [5.74, 6) is -0.200. The van der Waals surface area contributed by atoms with Crippen molar-refractivity contribution < 1.29 is 64.6 Å². The lowest BCUT2D eigenvalue weighted by atomic mass is 9.97. The highest BCUT2D eigenvalue weighted by Crippen LogP contribution is 2.30. The number of nitrogens with one attached hydrogen (secondary N) is 1. The van der Waals surface area contributed by atoms with Crippen molar-refractivity contribution in [1.29, 1.82) is 0 Å². The van der Waals surface area contributed by atoms with Crippen molar-refractivity contribution in [2.45, 2.75) is 402 Å². The van der Waals surface area contributed by atoms with E-state index in [0.29, 0.717) is 12.8 Å². The Morgan fingerprint density at radius 3 is 1.18 bits per heavy atom. The molecule has 502 valence electrons. The van der Waals surface area contributed by atoms with Gasteiger partial charge in [-0.2, -0.15) is 0 Å². The van der Waals surface area contributed by atoms with E-state index in [-0.39, 0.29) is 12.5 Å². The number of rotatable bonds is 60. The SMILES string of the molecule is CCCCCCC/C=C\C/C=C\CCCCCCCCCCCCCCCCCCCCCCCCCCCC(=O)NC(COC1OC(CO)C(OC2OC(CO)C(O)C(O)C2O)C(O)C1O)C(O)CCCCCCCCCCCCCCCC. The molecule has 0 aromatic heterocycles. The van der Waals surface area contributed by atoms with E-state index in [0.717, 1.165) is 57.8 Å². The standard InChI is InChI=1S/C71H135NO13/c1-3-5-7-9-11-13-15-17-19-20-21-22-23-24-25-26-27-28-29-30-31-32-33-34-35-36-37-38-39-40-41-43-45-47-49-51-53-55-63(76)72-59(60(75)54-52-50-48-46-44-42-18-16-14-12-10-8-6-4-2)58-82-70-68(81)66(79)69(62(57-74)84-70)85-71-67(80)65(78)64(77)61(56-73)83-71/h15,17,20-21,59-62,64-71,73-75,77-81H,3-14,16,18-19,22-58H2,1-2H3,(H,72,76)/b17-15-,21-20-. The van der Waals surface area contributed by atoms with E-state index in [4.69, 9.17) is 18.9 Å². The van der Waals surface area contributed by atoms with Crippen LogP contribution >= 0.6 is 0 Å². The maximum absolute atomic E-state index is 13.3. The summed E-state index contributed by atoms with van der Waals surface area (Å²) in [7, 11) is 0. The molecular weight excluding hydrogens is 1070 g/mol. The highest BCUT2D eigenvalue weighted by atomic mass is 16.7. The van der Waals surface area contributed by atoms with Gasteiger partial charge >= 0.3 is 0 Å². The molecule has 1 amide bonds. The number of carbonyl (C=O) groups excluding carboxylic acids is 1. The number of allylic oxidation sites excluding steroid dienone is 4. The van der Waals surface area contributed by atoms with Crippen LogP contribution in [0.5, 0.6) is 0 Å². The fraction of sp³-hybridized carbons (Fsp3) is 0.930. The Morgan fingerprint density at radius 2 is 0.776 bits per heavy atom. The van der Waals surface area contributed by atoms with Gasteiger partial charge in [-0.05, 0) is 44.9 Å². The highest BCUT2D eigenvalue weighted by Gasteiger charge is 2.51. The Labute approximate surface area is 519 Å². The Balaban J connectivity index is 1.56. The van der Waals surface area contributed by atoms with Gasteiger partial charge in [0.2, 0.25) is 5.91 Å². The second kappa shape index (κ2) is 56.5. The lowest BCUT2D eigenvalue weighted by molar-refractivity contribution is -0.359. The monoisotopic (exact) mass is 1210 g/mol. The van der Waals surface area contributed by atoms with Crippen molar-refractivity contribution in [2.75, 3.05) is 19.8 Å². The third-order valence-corrected chi connectivity index (χ3v) is 17.9. The zero-order chi connectivity index (χ0) is 61.6. The minimum atomic E-state index is -1.78. The number of unbranched alkanes of at least 4 members (excludes halogenated alkanes) is 43. The molecule has 0 bridgehead atoms. The summed E-state index contributed by atoms with van der Waals surface area (Å²) in [5.41, 5.74) is 0. The number of amides is 1. The summed E-state index contributed by atoms with van der Waals surface area (Å²) in [5, 5.41) is 87.4. The van der Waals surface area contributed by atoms with Gasteiger partial charge in [0, 0.05) is 6.42 Å². The molecule has 9 N–H and O–H groups in total. The molecule has 12 unspecified atom stereocenters. The number of hydrogen-bond donors (Lipinski definition) is 9. The molecule has 0 spiro atoms. The van der Waals surface area contributed by atoms with Crippen LogP contribution < -0.4 is 5.32 Å². The fourth-order valence-corrected chi connectivity index (χ4v) is 12.2. The molecule has 0 aliphatic carbocycles. The predicted octanol–water partition coefficient (Wildman–Crippen LogP) is 14.7. The van der Waals surface area contributed by atoms with Gasteiger partial charge in [-0.25, -0.2) is 0 Å². The molecule has 14 nitrogen and oxygen atoms in total. The second-order valence-electron chi connectivity index (χ2n) is 25.7. The van der Waals surface area contributed by atoms with Crippen molar-refractivity contribution in [3.05, 3.63) is 24.3 Å². The van der Waals surface area contributed by atoms with Gasteiger partial charge in [-0.3, -0.25) is 4.79 Å². The second-order valence-corrected chi connectivity index (χ2v) is 25.7. The summed E-state index contributed by atoms with van der Waals surface area (Å²) in [6.07, 6.45) is 53.6. The zero-order valence-electron chi connectivity index (χ0n) is 54.6. The average molecular weight is 1210 g/mol. The molecule has 2 fully saturated rings. The number of aliphatic hydroxyl groups excluding tert-OH is 8. The van der Waals surface area contributed by atoms with E-state index < -0.39 is 86.8 Å². The third kappa shape index (κ3) is 40.8. The van der Waals surface area contributed by atoms with Crippen LogP contribution in [0.25, 0.3) is 0 Å². The van der Waals surface area contributed by atoms with Crippen molar-refractivity contribution in [3.8, 4) is 0 Å². The average Bonchev–Trinajstić information content (AvgIpc) is 3.65. The van der Waals surface area contributed by atoms with Gasteiger partial charge in [0.25, 0.3) is 0 Å². The van der Waals surface area contributed by atoms with Gasteiger partial charge in [0.05, 0.1) is 32.0 Å². The van der Waals surface area contributed by atoms with Crippen LogP contribution in [0.2, 0.25) is 0 Å². The van der Waals surface area contributed by atoms with Crippen LogP contribution in [0.1, 0.15) is 328 Å². The van der Waals surface area contributed by atoms with Gasteiger partial charge in [-0.15, -0.1) is 0 Å². The number of ether oxygens (including phenoxy) is 4. The minimum absolute atomic E-state index is 0.200. The van der Waals surface area contributed by atoms with E-state index in [2.05, 4.69) is 43.5 Å². The van der Waals surface area contributed by atoms with Gasteiger partial charge in [0.1, 0.15) is 48.8 Å². The van der Waals surface area contributed by atoms with Crippen LogP contribution in [-0.4, -0.2) is 140 Å². The first kappa shape index (κ1) is 79.6. The molecule has 2 rings (SSSR count). The third-order valence-electron chi connectivity index (χ3n) is 17.9. The van der Waals surface area contributed by atoms with Crippen LogP contribution in [0.4, 0.5) is 0 Å². The molecule has 12 atom stereocenters. The van der Waals surface area contributed by atoms with Crippen LogP contribution in [-0.2, 0) is 23.7 Å². The first-order valence-corrected chi connectivity index (χ1v) is 36.1. The molecule has 0 radical (unpaired) electrons. The number of carbonyl (C=O) groups is 1. The van der Waals surface area contributed by atoms with Crippen LogP contribution in [0.3, 0.4) is 0 Å². The molecule has 2 saturated heterocycles. The molecule has 0 aromatic rings. The molecule has 2 aliphatic heterocycles. The smallest absolute Gasteiger partial charge is 0.220 e. The van der Waals surface area contributed by atoms with Crippen LogP contribution in [0, 0.1) is 0 Å². The van der Waals surface area contributed by atoms with E-state index in [1.165, 1.54) is 244 Å². The number of aliphatic hydroxyl groups is 8. The Kier molecular flexibility index (Phi) is 52.8. The summed E-state index contributed by atoms with van der Waals surface area (Å²) < 4.78 is 22.9. The molecule has 85 heavy (non-hydrogen) atoms. The molecule has 2 aliphatic rings. The molecule has 0 aromatic carbocycles. The fourth-order valence-electron chi connectivity index (χ4n) is 12.2. The molecule has 2 heterocycles. The van der Waals surface area contributed by atoms with E-state index in [1.54, 1.807) is 0 Å². The Hall–Kier alpha value is -1.53. The first-order chi connectivity index (χ1) is 41.6. The van der Waals surface area contributed by atoms with E-state index in [1.807, 2.05) is 0 Å². The first-order valence-electron chi connectivity index (χ1n) is 36.1. The van der Waals surface area contributed by atoms with Crippen LogP contribution in [0.15, 0.2) is 24.3 Å². The van der Waals surface area contributed by atoms with E-state index in [9.17, 15) is 45.6 Å². The topological polar surface area (TPSA) is 228 Å². The summed E-state index contributed by atoms with van der Waals surface area (Å²) in [4.78, 5) is 13.3. The largest absolute Gasteiger partial charge is 0.394 e. The number of hydrogen-bond acceptors (Lipinski definition) is 13. The lowest BCUT2D eigenvalue weighted by Crippen LogP contribution is -2.65. The van der Waals surface area contributed by atoms with Crippen molar-refractivity contribution >= 4 is 5.91 Å². The van der Waals surface area contributed by atoms with Crippen molar-refractivity contribution in [1.82, 2.24) is 5.32 Å². The normalized spacial score (nSPS) is 23.6. The Bertz CT molecular complexity index is 1520. The zero-order valence-corrected chi connectivity index (χ0v) is 54.6.